The van der Waals surface area contributed by atoms with Crippen LogP contribution >= 0.6 is 15.9 Å². The molecule has 0 radical (unpaired) electrons. The molecule has 1 aromatic heterocycles. The first kappa shape index (κ1) is 15.8. The second kappa shape index (κ2) is 7.43. The van der Waals surface area contributed by atoms with Gasteiger partial charge in [-0.2, -0.15) is 0 Å². The summed E-state index contributed by atoms with van der Waals surface area (Å²) in [4.78, 5) is 6.68. The van der Waals surface area contributed by atoms with Gasteiger partial charge < -0.3 is 15.4 Å². The smallest absolute Gasteiger partial charge is 0.133 e. The van der Waals surface area contributed by atoms with Crippen LogP contribution in [0.5, 0.6) is 5.75 Å². The fourth-order valence-electron chi connectivity index (χ4n) is 2.08. The molecule has 0 aliphatic carbocycles. The predicted molar refractivity (Wildman–Crippen MR) is 90.3 cm³/mol. The van der Waals surface area contributed by atoms with Gasteiger partial charge in [-0.05, 0) is 59.6 Å². The summed E-state index contributed by atoms with van der Waals surface area (Å²) >= 11 is 3.49. The van der Waals surface area contributed by atoms with Crippen LogP contribution in [-0.4, -0.2) is 25.2 Å². The minimum Gasteiger partial charge on any atom is -0.497 e. The van der Waals surface area contributed by atoms with Gasteiger partial charge in [0.05, 0.1) is 7.11 Å². The van der Waals surface area contributed by atoms with E-state index in [0.717, 1.165) is 40.3 Å². The summed E-state index contributed by atoms with van der Waals surface area (Å²) < 4.78 is 6.32. The fraction of sp³-hybridized carbons (Fsp3) is 0.312. The maximum atomic E-state index is 5.66. The zero-order valence-corrected chi connectivity index (χ0v) is 13.9. The van der Waals surface area contributed by atoms with Gasteiger partial charge in [-0.15, -0.1) is 0 Å². The fourth-order valence-corrected chi connectivity index (χ4v) is 2.29. The van der Waals surface area contributed by atoms with E-state index in [1.807, 2.05) is 24.4 Å². The number of aromatic nitrogens is 1. The molecule has 1 aromatic carbocycles. The van der Waals surface area contributed by atoms with Crippen LogP contribution < -0.4 is 15.4 Å². The molecule has 0 amide bonds. The van der Waals surface area contributed by atoms with Gasteiger partial charge in [-0.3, -0.25) is 0 Å². The van der Waals surface area contributed by atoms with Crippen molar-refractivity contribution < 1.29 is 4.74 Å². The largest absolute Gasteiger partial charge is 0.497 e. The Labute approximate surface area is 134 Å². The van der Waals surface area contributed by atoms with Crippen LogP contribution in [0.3, 0.4) is 0 Å². The number of nitrogens with two attached hydrogens (primary N) is 1. The lowest BCUT2D eigenvalue weighted by Gasteiger charge is -2.24. The van der Waals surface area contributed by atoms with Crippen molar-refractivity contribution in [2.45, 2.75) is 13.3 Å². The highest BCUT2D eigenvalue weighted by Gasteiger charge is 2.12. The lowest BCUT2D eigenvalue weighted by molar-refractivity contribution is 0.415. The van der Waals surface area contributed by atoms with Crippen molar-refractivity contribution in [3.8, 4) is 5.75 Å². The monoisotopic (exact) mass is 349 g/mol. The number of ether oxygens (including phenoxy) is 1. The van der Waals surface area contributed by atoms with Crippen LogP contribution in [0.25, 0.3) is 0 Å². The molecule has 1 heterocycles. The molecule has 21 heavy (non-hydrogen) atoms. The SMILES string of the molecule is COc1cccc(N(CCCN)c2cc(C)c(Br)cn2)c1. The number of nitrogens with zero attached hydrogens (tertiary/aromatic N) is 2. The Hall–Kier alpha value is -1.59. The van der Waals surface area contributed by atoms with E-state index in [-0.39, 0.29) is 0 Å². The van der Waals surface area contributed by atoms with E-state index in [1.165, 1.54) is 0 Å². The molecule has 0 saturated carbocycles. The number of methoxy groups -OCH3 is 1. The van der Waals surface area contributed by atoms with E-state index in [9.17, 15) is 0 Å². The van der Waals surface area contributed by atoms with E-state index in [4.69, 9.17) is 10.5 Å². The van der Waals surface area contributed by atoms with Gasteiger partial charge in [0.1, 0.15) is 11.6 Å². The molecule has 0 atom stereocenters. The van der Waals surface area contributed by atoms with Gasteiger partial charge in [0.25, 0.3) is 0 Å². The van der Waals surface area contributed by atoms with Gasteiger partial charge in [0.15, 0.2) is 0 Å². The zero-order chi connectivity index (χ0) is 15.2. The first-order valence-corrected chi connectivity index (χ1v) is 7.69. The number of halogens is 1. The molecule has 0 aliphatic heterocycles. The minimum atomic E-state index is 0.649. The van der Waals surface area contributed by atoms with E-state index in [2.05, 4.69) is 44.9 Å². The maximum absolute atomic E-state index is 5.66. The molecule has 0 saturated heterocycles. The van der Waals surface area contributed by atoms with Crippen LogP contribution in [0, 0.1) is 6.92 Å². The average Bonchev–Trinajstić information content (AvgIpc) is 2.51. The predicted octanol–water partition coefficient (Wildman–Crippen LogP) is 3.65. The van der Waals surface area contributed by atoms with Gasteiger partial charge in [0, 0.05) is 29.0 Å². The van der Waals surface area contributed by atoms with Crippen LogP contribution in [0.2, 0.25) is 0 Å². The number of anilines is 2. The van der Waals surface area contributed by atoms with Crippen molar-refractivity contribution in [2.24, 2.45) is 5.73 Å². The molecule has 4 nitrogen and oxygen atoms in total. The molecule has 0 fully saturated rings. The Morgan fingerprint density at radius 3 is 2.81 bits per heavy atom. The Balaban J connectivity index is 2.38. The second-order valence-corrected chi connectivity index (χ2v) is 5.64. The number of rotatable bonds is 6. The lowest BCUT2D eigenvalue weighted by Crippen LogP contribution is -2.22. The summed E-state index contributed by atoms with van der Waals surface area (Å²) in [5, 5.41) is 0. The third-order valence-corrected chi connectivity index (χ3v) is 4.09. The summed E-state index contributed by atoms with van der Waals surface area (Å²) in [5.41, 5.74) is 7.87. The standard InChI is InChI=1S/C16H20BrN3O/c1-12-9-16(19-11-15(12)17)20(8-4-7-18)13-5-3-6-14(10-13)21-2/h3,5-6,9-11H,4,7-8,18H2,1-2H3. The quantitative estimate of drug-likeness (QED) is 0.864. The molecule has 0 aliphatic rings. The van der Waals surface area contributed by atoms with Crippen molar-refractivity contribution in [3.05, 3.63) is 46.6 Å². The highest BCUT2D eigenvalue weighted by molar-refractivity contribution is 9.10. The van der Waals surface area contributed by atoms with E-state index in [0.29, 0.717) is 6.54 Å². The molecule has 2 rings (SSSR count). The third-order valence-electron chi connectivity index (χ3n) is 3.26. The van der Waals surface area contributed by atoms with Crippen molar-refractivity contribution in [3.63, 3.8) is 0 Å². The lowest BCUT2D eigenvalue weighted by atomic mass is 10.2. The van der Waals surface area contributed by atoms with E-state index < -0.39 is 0 Å². The summed E-state index contributed by atoms with van der Waals surface area (Å²) in [5.74, 6) is 1.75. The number of aryl methyl sites for hydroxylation is 1. The zero-order valence-electron chi connectivity index (χ0n) is 12.3. The molecule has 5 heteroatoms. The van der Waals surface area contributed by atoms with Gasteiger partial charge in [0.2, 0.25) is 0 Å². The Morgan fingerprint density at radius 1 is 1.33 bits per heavy atom. The Morgan fingerprint density at radius 2 is 2.14 bits per heavy atom. The van der Waals surface area contributed by atoms with Crippen molar-refractivity contribution in [2.75, 3.05) is 25.1 Å². The number of pyridine rings is 1. The molecule has 2 N–H and O–H groups in total. The summed E-state index contributed by atoms with van der Waals surface area (Å²) in [6.45, 7) is 3.52. The van der Waals surface area contributed by atoms with Gasteiger partial charge >= 0.3 is 0 Å². The van der Waals surface area contributed by atoms with Crippen LogP contribution in [0.1, 0.15) is 12.0 Å². The van der Waals surface area contributed by atoms with Crippen LogP contribution in [0.15, 0.2) is 41.0 Å². The summed E-state index contributed by atoms with van der Waals surface area (Å²) in [7, 11) is 1.67. The number of hydrogen-bond donors (Lipinski definition) is 1. The second-order valence-electron chi connectivity index (χ2n) is 4.79. The van der Waals surface area contributed by atoms with Crippen LogP contribution in [-0.2, 0) is 0 Å². The topological polar surface area (TPSA) is 51.4 Å². The molecule has 0 unspecified atom stereocenters. The maximum Gasteiger partial charge on any atom is 0.133 e. The van der Waals surface area contributed by atoms with Gasteiger partial charge in [-0.1, -0.05) is 6.07 Å². The molecule has 112 valence electrons. The van der Waals surface area contributed by atoms with E-state index >= 15 is 0 Å². The van der Waals surface area contributed by atoms with Crippen molar-refractivity contribution in [1.29, 1.82) is 0 Å². The minimum absolute atomic E-state index is 0.649. The molecular weight excluding hydrogens is 330 g/mol. The number of benzene rings is 1. The molecule has 0 spiro atoms. The normalized spacial score (nSPS) is 10.5. The third kappa shape index (κ3) is 3.95. The molecule has 0 bridgehead atoms. The van der Waals surface area contributed by atoms with Crippen molar-refractivity contribution >= 4 is 27.4 Å². The average molecular weight is 350 g/mol. The summed E-state index contributed by atoms with van der Waals surface area (Å²) in [6, 6.07) is 10.0. The number of hydrogen-bond acceptors (Lipinski definition) is 4. The first-order valence-electron chi connectivity index (χ1n) is 6.89. The van der Waals surface area contributed by atoms with Crippen LogP contribution in [0.4, 0.5) is 11.5 Å². The first-order chi connectivity index (χ1) is 10.2. The van der Waals surface area contributed by atoms with Crippen molar-refractivity contribution in [1.82, 2.24) is 4.98 Å². The van der Waals surface area contributed by atoms with Gasteiger partial charge in [-0.25, -0.2) is 4.98 Å². The Bertz CT molecular complexity index is 604. The Kier molecular flexibility index (Phi) is 5.59. The molecule has 2 aromatic rings. The van der Waals surface area contributed by atoms with E-state index in [1.54, 1.807) is 7.11 Å². The summed E-state index contributed by atoms with van der Waals surface area (Å²) in [6.07, 6.45) is 2.73. The highest BCUT2D eigenvalue weighted by atomic mass is 79.9. The molecular formula is C16H20BrN3O. The highest BCUT2D eigenvalue weighted by Crippen LogP contribution is 2.29.